The summed E-state index contributed by atoms with van der Waals surface area (Å²) in [5.41, 5.74) is 7.76. The van der Waals surface area contributed by atoms with Crippen molar-refractivity contribution in [1.29, 1.82) is 5.26 Å². The fourth-order valence-corrected chi connectivity index (χ4v) is 4.19. The summed E-state index contributed by atoms with van der Waals surface area (Å²) in [6, 6.07) is 16.8. The average molecular weight is 368 g/mol. The minimum atomic E-state index is -0.266. The lowest BCUT2D eigenvalue weighted by atomic mass is 9.96. The van der Waals surface area contributed by atoms with Crippen LogP contribution in [0, 0.1) is 24.1 Å². The maximum absolute atomic E-state index is 13.7. The van der Waals surface area contributed by atoms with Gasteiger partial charge in [-0.2, -0.15) is 5.26 Å². The number of halogens is 1. The second-order valence-electron chi connectivity index (χ2n) is 7.21. The summed E-state index contributed by atoms with van der Waals surface area (Å²) in [6.07, 6.45) is 2.97. The molecule has 28 heavy (non-hydrogen) atoms. The van der Waals surface area contributed by atoms with Gasteiger partial charge in [0.05, 0.1) is 0 Å². The molecule has 0 spiro atoms. The van der Waals surface area contributed by atoms with E-state index in [1.807, 2.05) is 31.2 Å². The Morgan fingerprint density at radius 3 is 2.71 bits per heavy atom. The van der Waals surface area contributed by atoms with E-state index in [1.54, 1.807) is 6.07 Å². The van der Waals surface area contributed by atoms with Crippen molar-refractivity contribution < 1.29 is 8.81 Å². The van der Waals surface area contributed by atoms with Crippen LogP contribution in [-0.4, -0.2) is 4.98 Å². The molecule has 0 bridgehead atoms. The molecule has 4 heteroatoms. The first-order valence-electron chi connectivity index (χ1n) is 9.37. The summed E-state index contributed by atoms with van der Waals surface area (Å²) in [4.78, 5) is 4.69. The quantitative estimate of drug-likeness (QED) is 0.438. The topological polar surface area (TPSA) is 49.8 Å². The molecule has 3 aromatic carbocycles. The molecule has 0 N–H and O–H groups in total. The molecule has 0 atom stereocenters. The Labute approximate surface area is 162 Å². The molecule has 3 nitrogen and oxygen atoms in total. The van der Waals surface area contributed by atoms with Crippen molar-refractivity contribution in [3.8, 4) is 28.7 Å². The van der Waals surface area contributed by atoms with Crippen LogP contribution in [0.25, 0.3) is 33.7 Å². The molecule has 0 saturated carbocycles. The molecule has 0 saturated heterocycles. The lowest BCUT2D eigenvalue weighted by molar-refractivity contribution is 0.618. The monoisotopic (exact) mass is 368 g/mol. The van der Waals surface area contributed by atoms with Crippen LogP contribution in [0.1, 0.15) is 28.7 Å². The van der Waals surface area contributed by atoms with Gasteiger partial charge >= 0.3 is 0 Å². The highest BCUT2D eigenvalue weighted by atomic mass is 19.1. The summed E-state index contributed by atoms with van der Waals surface area (Å²) >= 11 is 0. The van der Waals surface area contributed by atoms with Gasteiger partial charge in [-0.05, 0) is 78.3 Å². The first-order chi connectivity index (χ1) is 13.7. The SMILES string of the molecule is Cc1c(-c2cccc(F)c2)cccc1-c1nc2cc3c(c(C#N)c2o1)CCC3. The number of nitrogens with zero attached hydrogens (tertiary/aromatic N) is 2. The Morgan fingerprint density at radius 2 is 1.89 bits per heavy atom. The van der Waals surface area contributed by atoms with Crippen LogP contribution in [0.15, 0.2) is 52.9 Å². The standard InChI is InChI=1S/C24H17FN2O/c1-14-18(15-5-2-7-17(25)11-15)8-4-9-19(14)24-27-22-12-16-6-3-10-20(16)21(13-26)23(22)28-24/h2,4-5,7-9,11-12H,3,6,10H2,1H3. The van der Waals surface area contributed by atoms with E-state index in [4.69, 9.17) is 9.40 Å². The lowest BCUT2D eigenvalue weighted by Crippen LogP contribution is -1.89. The van der Waals surface area contributed by atoms with Crippen LogP contribution < -0.4 is 0 Å². The van der Waals surface area contributed by atoms with Crippen molar-refractivity contribution >= 4 is 11.1 Å². The molecule has 0 unspecified atom stereocenters. The van der Waals surface area contributed by atoms with Crippen molar-refractivity contribution in [1.82, 2.24) is 4.98 Å². The van der Waals surface area contributed by atoms with Crippen LogP contribution in [0.2, 0.25) is 0 Å². The maximum Gasteiger partial charge on any atom is 0.227 e. The van der Waals surface area contributed by atoms with Crippen molar-refractivity contribution in [3.05, 3.63) is 76.6 Å². The van der Waals surface area contributed by atoms with Crippen LogP contribution >= 0.6 is 0 Å². The molecule has 5 rings (SSSR count). The van der Waals surface area contributed by atoms with Gasteiger partial charge in [0.25, 0.3) is 0 Å². The molecule has 0 fully saturated rings. The predicted molar refractivity (Wildman–Crippen MR) is 106 cm³/mol. The average Bonchev–Trinajstić information content (AvgIpc) is 3.32. The summed E-state index contributed by atoms with van der Waals surface area (Å²) in [6.45, 7) is 1.98. The van der Waals surface area contributed by atoms with Gasteiger partial charge in [-0.25, -0.2) is 9.37 Å². The summed E-state index contributed by atoms with van der Waals surface area (Å²) in [5, 5.41) is 9.68. The Bertz CT molecular complexity index is 1280. The summed E-state index contributed by atoms with van der Waals surface area (Å²) in [5.74, 6) is 0.225. The van der Waals surface area contributed by atoms with Gasteiger partial charge in [-0.3, -0.25) is 0 Å². The Hall–Kier alpha value is -3.45. The minimum Gasteiger partial charge on any atom is -0.435 e. The number of benzene rings is 3. The first-order valence-corrected chi connectivity index (χ1v) is 9.37. The van der Waals surface area contributed by atoms with Gasteiger partial charge in [0.15, 0.2) is 5.58 Å². The smallest absolute Gasteiger partial charge is 0.227 e. The van der Waals surface area contributed by atoms with E-state index in [-0.39, 0.29) is 5.82 Å². The van der Waals surface area contributed by atoms with Crippen LogP contribution in [0.4, 0.5) is 4.39 Å². The number of nitriles is 1. The highest BCUT2D eigenvalue weighted by Gasteiger charge is 2.22. The Morgan fingerprint density at radius 1 is 1.07 bits per heavy atom. The van der Waals surface area contributed by atoms with Gasteiger partial charge < -0.3 is 4.42 Å². The molecule has 1 heterocycles. The Kier molecular flexibility index (Phi) is 3.77. The lowest BCUT2D eigenvalue weighted by Gasteiger charge is -2.09. The van der Waals surface area contributed by atoms with Gasteiger partial charge in [0.1, 0.15) is 23.0 Å². The molecule has 1 aliphatic rings. The minimum absolute atomic E-state index is 0.266. The zero-order chi connectivity index (χ0) is 19.3. The van der Waals surface area contributed by atoms with E-state index in [0.717, 1.165) is 52.6 Å². The molecule has 1 aromatic heterocycles. The number of hydrogen-bond acceptors (Lipinski definition) is 3. The number of fused-ring (bicyclic) bond motifs is 2. The third kappa shape index (κ3) is 2.51. The highest BCUT2D eigenvalue weighted by molar-refractivity contribution is 5.86. The zero-order valence-corrected chi connectivity index (χ0v) is 15.4. The third-order valence-electron chi connectivity index (χ3n) is 5.57. The van der Waals surface area contributed by atoms with E-state index < -0.39 is 0 Å². The van der Waals surface area contributed by atoms with E-state index in [0.29, 0.717) is 17.0 Å². The molecular weight excluding hydrogens is 351 g/mol. The Balaban J connectivity index is 1.69. The fraction of sp³-hybridized carbons (Fsp3) is 0.167. The van der Waals surface area contributed by atoms with Gasteiger partial charge in [-0.1, -0.05) is 24.3 Å². The second kappa shape index (κ2) is 6.31. The predicted octanol–water partition coefficient (Wildman–Crippen LogP) is 5.97. The van der Waals surface area contributed by atoms with Gasteiger partial charge in [-0.15, -0.1) is 0 Å². The second-order valence-corrected chi connectivity index (χ2v) is 7.21. The van der Waals surface area contributed by atoms with Crippen molar-refractivity contribution in [2.75, 3.05) is 0 Å². The molecule has 0 amide bonds. The van der Waals surface area contributed by atoms with Crippen LogP contribution in [0.3, 0.4) is 0 Å². The zero-order valence-electron chi connectivity index (χ0n) is 15.4. The molecule has 4 aromatic rings. The summed E-state index contributed by atoms with van der Waals surface area (Å²) in [7, 11) is 0. The van der Waals surface area contributed by atoms with Crippen molar-refractivity contribution in [2.24, 2.45) is 0 Å². The largest absolute Gasteiger partial charge is 0.435 e. The van der Waals surface area contributed by atoms with Crippen molar-refractivity contribution in [3.63, 3.8) is 0 Å². The normalized spacial score (nSPS) is 12.9. The molecule has 136 valence electrons. The highest BCUT2D eigenvalue weighted by Crippen LogP contribution is 2.37. The van der Waals surface area contributed by atoms with Crippen molar-refractivity contribution in [2.45, 2.75) is 26.2 Å². The first kappa shape index (κ1) is 16.7. The fourth-order valence-electron chi connectivity index (χ4n) is 4.19. The van der Waals surface area contributed by atoms with Gasteiger partial charge in [0, 0.05) is 5.56 Å². The number of hydrogen-bond donors (Lipinski definition) is 0. The third-order valence-corrected chi connectivity index (χ3v) is 5.57. The van der Waals surface area contributed by atoms with E-state index in [1.165, 1.54) is 17.7 Å². The molecule has 0 aliphatic heterocycles. The molecular formula is C24H17FN2O. The van der Waals surface area contributed by atoms with E-state index >= 15 is 0 Å². The van der Waals surface area contributed by atoms with Crippen LogP contribution in [-0.2, 0) is 12.8 Å². The number of rotatable bonds is 2. The summed E-state index contributed by atoms with van der Waals surface area (Å²) < 4.78 is 19.8. The molecule has 1 aliphatic carbocycles. The van der Waals surface area contributed by atoms with Gasteiger partial charge in [0.2, 0.25) is 5.89 Å². The molecule has 0 radical (unpaired) electrons. The number of aromatic nitrogens is 1. The van der Waals surface area contributed by atoms with E-state index in [2.05, 4.69) is 12.1 Å². The number of aryl methyl sites for hydroxylation is 1. The van der Waals surface area contributed by atoms with E-state index in [9.17, 15) is 9.65 Å². The van der Waals surface area contributed by atoms with Crippen LogP contribution in [0.5, 0.6) is 0 Å². The maximum atomic E-state index is 13.7. The number of oxazole rings is 1.